The molecule has 0 saturated heterocycles. The number of hydrogen-bond donors (Lipinski definition) is 2. The van der Waals surface area contributed by atoms with Crippen LogP contribution < -0.4 is 0 Å². The second-order valence-electron chi connectivity index (χ2n) is 2.37. The predicted octanol–water partition coefficient (Wildman–Crippen LogP) is 1.47. The summed E-state index contributed by atoms with van der Waals surface area (Å²) in [5.41, 5.74) is 0. The van der Waals surface area contributed by atoms with Gasteiger partial charge in [0.15, 0.2) is 6.29 Å². The van der Waals surface area contributed by atoms with Gasteiger partial charge in [-0.3, -0.25) is 0 Å². The molecular formula is C8H19O2Sn. The van der Waals surface area contributed by atoms with Crippen molar-refractivity contribution < 1.29 is 10.2 Å². The zero-order chi connectivity index (χ0) is 9.11. The maximum atomic E-state index is 8.11. The molecule has 11 heavy (non-hydrogen) atoms. The third-order valence-corrected chi connectivity index (χ3v) is 2.09. The second kappa shape index (κ2) is 13.3. The van der Waals surface area contributed by atoms with Crippen molar-refractivity contribution in [2.24, 2.45) is 0 Å². The van der Waals surface area contributed by atoms with Crippen LogP contribution in [-0.4, -0.2) is 39.0 Å². The van der Waals surface area contributed by atoms with Crippen LogP contribution >= 0.6 is 0 Å². The Hall–Kier alpha value is 0.719. The standard InChI is InChI=1S/C4H10O2.C4H9.Sn/c1-2-3-4(5)6;1-3-4-2;/h4-6H,2-3H2,1H3;1,3-4H2,2H3;. The number of aliphatic hydroxyl groups is 2. The summed E-state index contributed by atoms with van der Waals surface area (Å²) in [5, 5.41) is 16.2. The van der Waals surface area contributed by atoms with Crippen molar-refractivity contribution in [1.29, 1.82) is 0 Å². The maximum absolute atomic E-state index is 8.11. The van der Waals surface area contributed by atoms with Crippen LogP contribution in [0.4, 0.5) is 0 Å². The van der Waals surface area contributed by atoms with Gasteiger partial charge in [0.25, 0.3) is 0 Å². The van der Waals surface area contributed by atoms with E-state index in [0.29, 0.717) is 6.42 Å². The number of hydrogen-bond acceptors (Lipinski definition) is 2. The number of unbranched alkanes of at least 4 members (excludes halogenated alkanes) is 1. The Balaban J connectivity index is 0. The average molecular weight is 266 g/mol. The molecule has 3 radical (unpaired) electrons. The van der Waals surface area contributed by atoms with Crippen LogP contribution in [0.25, 0.3) is 0 Å². The first-order chi connectivity index (χ1) is 5.18. The minimum atomic E-state index is -1.10. The summed E-state index contributed by atoms with van der Waals surface area (Å²) >= 11 is 1.68. The van der Waals surface area contributed by atoms with Crippen molar-refractivity contribution >= 4 is 22.5 Å². The summed E-state index contributed by atoms with van der Waals surface area (Å²) in [7, 11) is 0. The Morgan fingerprint density at radius 1 is 1.18 bits per heavy atom. The average Bonchev–Trinajstić information content (AvgIpc) is 1.90. The van der Waals surface area contributed by atoms with Gasteiger partial charge in [0, 0.05) is 0 Å². The van der Waals surface area contributed by atoms with Crippen LogP contribution in [0, 0.1) is 0 Å². The monoisotopic (exact) mass is 267 g/mol. The van der Waals surface area contributed by atoms with E-state index >= 15 is 0 Å². The van der Waals surface area contributed by atoms with Crippen molar-refractivity contribution in [2.45, 2.75) is 50.3 Å². The molecule has 67 valence electrons. The molecule has 0 fully saturated rings. The first-order valence-electron chi connectivity index (χ1n) is 4.19. The van der Waals surface area contributed by atoms with E-state index in [1.807, 2.05) is 6.92 Å². The van der Waals surface area contributed by atoms with Crippen LogP contribution in [0.1, 0.15) is 39.5 Å². The number of aliphatic hydroxyl groups excluding tert-OH is 1. The molecular weight excluding hydrogens is 247 g/mol. The molecule has 0 unspecified atom stereocenters. The summed E-state index contributed by atoms with van der Waals surface area (Å²) < 4.78 is 1.43. The van der Waals surface area contributed by atoms with Crippen LogP contribution in [-0.2, 0) is 0 Å². The van der Waals surface area contributed by atoms with E-state index in [4.69, 9.17) is 10.2 Å². The van der Waals surface area contributed by atoms with Gasteiger partial charge in [-0.1, -0.05) is 13.3 Å². The summed E-state index contributed by atoms with van der Waals surface area (Å²) in [4.78, 5) is 0. The van der Waals surface area contributed by atoms with Crippen molar-refractivity contribution in [2.75, 3.05) is 0 Å². The summed E-state index contributed by atoms with van der Waals surface area (Å²) in [5.74, 6) is 0. The van der Waals surface area contributed by atoms with Crippen LogP contribution in [0.15, 0.2) is 0 Å². The molecule has 0 aliphatic carbocycles. The van der Waals surface area contributed by atoms with E-state index in [9.17, 15) is 0 Å². The van der Waals surface area contributed by atoms with Gasteiger partial charge < -0.3 is 10.2 Å². The fourth-order valence-electron chi connectivity index (χ4n) is 0.435. The molecule has 0 atom stereocenters. The van der Waals surface area contributed by atoms with E-state index in [-0.39, 0.29) is 0 Å². The van der Waals surface area contributed by atoms with Crippen molar-refractivity contribution in [3.63, 3.8) is 0 Å². The Morgan fingerprint density at radius 3 is 1.73 bits per heavy atom. The second-order valence-corrected chi connectivity index (χ2v) is 3.80. The molecule has 0 aromatic heterocycles. The zero-order valence-corrected chi connectivity index (χ0v) is 10.4. The van der Waals surface area contributed by atoms with Gasteiger partial charge in [0.05, 0.1) is 0 Å². The summed E-state index contributed by atoms with van der Waals surface area (Å²) in [6.45, 7) is 4.13. The summed E-state index contributed by atoms with van der Waals surface area (Å²) in [6, 6.07) is 0. The Labute approximate surface area is 83.1 Å². The zero-order valence-electron chi connectivity index (χ0n) is 7.51. The van der Waals surface area contributed by atoms with Gasteiger partial charge in [-0.15, -0.1) is 0 Å². The van der Waals surface area contributed by atoms with Gasteiger partial charge in [-0.05, 0) is 6.42 Å². The molecule has 0 spiro atoms. The molecule has 0 bridgehead atoms. The molecule has 3 heteroatoms. The van der Waals surface area contributed by atoms with Crippen LogP contribution in [0.3, 0.4) is 0 Å². The fraction of sp³-hybridized carbons (Fsp3) is 1.00. The quantitative estimate of drug-likeness (QED) is 0.597. The van der Waals surface area contributed by atoms with Crippen molar-refractivity contribution in [3.8, 4) is 0 Å². The van der Waals surface area contributed by atoms with Crippen LogP contribution in [0.5, 0.6) is 0 Å². The molecule has 0 heterocycles. The van der Waals surface area contributed by atoms with E-state index in [1.165, 1.54) is 17.3 Å². The first-order valence-corrected chi connectivity index (χ1v) is 6.21. The first kappa shape index (κ1) is 14.3. The summed E-state index contributed by atoms with van der Waals surface area (Å²) in [6.07, 6.45) is 3.01. The topological polar surface area (TPSA) is 40.5 Å². The van der Waals surface area contributed by atoms with Gasteiger partial charge in [0.2, 0.25) is 0 Å². The minimum absolute atomic E-state index is 0.486. The van der Waals surface area contributed by atoms with Gasteiger partial charge in [0.1, 0.15) is 0 Å². The molecule has 0 amide bonds. The third kappa shape index (κ3) is 24.9. The van der Waals surface area contributed by atoms with Gasteiger partial charge in [-0.25, -0.2) is 0 Å². The van der Waals surface area contributed by atoms with Crippen LogP contribution in [0.2, 0.25) is 4.44 Å². The molecule has 0 aliphatic rings. The SMILES string of the molecule is CCCC(O)O.CCC[CH2][Sn]. The van der Waals surface area contributed by atoms with E-state index < -0.39 is 6.29 Å². The molecule has 0 aliphatic heterocycles. The van der Waals surface area contributed by atoms with Crippen molar-refractivity contribution in [3.05, 3.63) is 0 Å². The Morgan fingerprint density at radius 2 is 1.73 bits per heavy atom. The third-order valence-electron chi connectivity index (χ3n) is 1.08. The van der Waals surface area contributed by atoms with E-state index in [0.717, 1.165) is 6.42 Å². The molecule has 0 aromatic carbocycles. The Bertz CT molecular complexity index is 56.1. The molecule has 0 rings (SSSR count). The Kier molecular flexibility index (Phi) is 17.3. The molecule has 0 aromatic rings. The van der Waals surface area contributed by atoms with Gasteiger partial charge >= 0.3 is 46.7 Å². The van der Waals surface area contributed by atoms with E-state index in [1.54, 1.807) is 22.5 Å². The molecule has 0 saturated carbocycles. The fourth-order valence-corrected chi connectivity index (χ4v) is 1.44. The molecule has 2 N–H and O–H groups in total. The predicted molar refractivity (Wildman–Crippen MR) is 48.6 cm³/mol. The normalized spacial score (nSPS) is 9.27. The van der Waals surface area contributed by atoms with E-state index in [2.05, 4.69) is 6.92 Å². The van der Waals surface area contributed by atoms with Crippen molar-refractivity contribution in [1.82, 2.24) is 0 Å². The number of rotatable bonds is 4. The van der Waals surface area contributed by atoms with Gasteiger partial charge in [-0.2, -0.15) is 0 Å². The molecule has 2 nitrogen and oxygen atoms in total.